The molecule has 112 valence electrons. The Bertz CT molecular complexity index is 650. The molecule has 2 aromatic heterocycles. The first-order chi connectivity index (χ1) is 9.82. The van der Waals surface area contributed by atoms with E-state index < -0.39 is 17.7 Å². The fourth-order valence-electron chi connectivity index (χ4n) is 1.58. The lowest BCUT2D eigenvalue weighted by atomic mass is 10.2. The molecule has 4 nitrogen and oxygen atoms in total. The first-order valence-electron chi connectivity index (χ1n) is 6.01. The Labute approximate surface area is 122 Å². The molecule has 2 aromatic rings. The van der Waals surface area contributed by atoms with Crippen molar-refractivity contribution >= 4 is 17.3 Å². The first kappa shape index (κ1) is 15.4. The minimum absolute atomic E-state index is 0.240. The lowest BCUT2D eigenvalue weighted by molar-refractivity contribution is -0.137. The Morgan fingerprint density at radius 1 is 1.38 bits per heavy atom. The Morgan fingerprint density at radius 3 is 2.62 bits per heavy atom. The Kier molecular flexibility index (Phi) is 4.26. The number of carbonyl (C=O) groups is 1. The molecule has 0 aliphatic heterocycles. The van der Waals surface area contributed by atoms with E-state index in [2.05, 4.69) is 9.97 Å². The molecule has 0 radical (unpaired) electrons. The molecule has 21 heavy (non-hydrogen) atoms. The second kappa shape index (κ2) is 5.80. The summed E-state index contributed by atoms with van der Waals surface area (Å²) in [5.74, 6) is -0.495. The van der Waals surface area contributed by atoms with Crippen LogP contribution in [0.4, 0.5) is 13.2 Å². The molecule has 0 unspecified atom stereocenters. The second-order valence-corrected chi connectivity index (χ2v) is 5.08. The Balaban J connectivity index is 2.31. The van der Waals surface area contributed by atoms with Crippen LogP contribution in [0.25, 0.3) is 10.7 Å². The zero-order valence-corrected chi connectivity index (χ0v) is 12.0. The van der Waals surface area contributed by atoms with Crippen molar-refractivity contribution < 1.29 is 22.7 Å². The largest absolute Gasteiger partial charge is 0.462 e. The van der Waals surface area contributed by atoms with Gasteiger partial charge in [-0.2, -0.15) is 13.2 Å². The molecule has 0 saturated carbocycles. The highest BCUT2D eigenvalue weighted by molar-refractivity contribution is 7.17. The number of esters is 1. The van der Waals surface area contributed by atoms with E-state index >= 15 is 0 Å². The summed E-state index contributed by atoms with van der Waals surface area (Å²) in [6.45, 7) is 3.56. The van der Waals surface area contributed by atoms with Crippen LogP contribution >= 0.6 is 11.3 Å². The van der Waals surface area contributed by atoms with Gasteiger partial charge in [0, 0.05) is 6.20 Å². The molecule has 0 aliphatic rings. The van der Waals surface area contributed by atoms with Gasteiger partial charge in [-0.1, -0.05) is 0 Å². The van der Waals surface area contributed by atoms with E-state index in [4.69, 9.17) is 4.74 Å². The third-order valence-corrected chi connectivity index (χ3v) is 3.73. The van der Waals surface area contributed by atoms with Crippen LogP contribution in [-0.4, -0.2) is 22.5 Å². The predicted molar refractivity (Wildman–Crippen MR) is 71.0 cm³/mol. The van der Waals surface area contributed by atoms with Crippen molar-refractivity contribution in [2.75, 3.05) is 6.61 Å². The average Bonchev–Trinajstić information content (AvgIpc) is 2.80. The summed E-state index contributed by atoms with van der Waals surface area (Å²) in [6.07, 6.45) is -3.68. The average molecular weight is 316 g/mol. The van der Waals surface area contributed by atoms with Crippen molar-refractivity contribution in [2.45, 2.75) is 20.0 Å². The van der Waals surface area contributed by atoms with E-state index in [1.54, 1.807) is 13.8 Å². The van der Waals surface area contributed by atoms with Crippen molar-refractivity contribution in [2.24, 2.45) is 0 Å². The van der Waals surface area contributed by atoms with Crippen molar-refractivity contribution in [3.63, 3.8) is 0 Å². The van der Waals surface area contributed by atoms with Gasteiger partial charge in [-0.05, 0) is 26.0 Å². The highest BCUT2D eigenvalue weighted by Gasteiger charge is 2.30. The molecule has 0 aliphatic carbocycles. The van der Waals surface area contributed by atoms with Crippen LogP contribution in [0.2, 0.25) is 0 Å². The topological polar surface area (TPSA) is 52.1 Å². The molecule has 2 rings (SSSR count). The molecular weight excluding hydrogens is 305 g/mol. The number of alkyl halides is 3. The van der Waals surface area contributed by atoms with Crippen LogP contribution in [0.5, 0.6) is 0 Å². The van der Waals surface area contributed by atoms with Gasteiger partial charge in [-0.25, -0.2) is 9.78 Å². The van der Waals surface area contributed by atoms with Crippen LogP contribution in [0.1, 0.15) is 27.9 Å². The number of aryl methyl sites for hydroxylation is 1. The smallest absolute Gasteiger partial charge is 0.417 e. The maximum absolute atomic E-state index is 12.5. The van der Waals surface area contributed by atoms with Gasteiger partial charge in [0.15, 0.2) is 0 Å². The van der Waals surface area contributed by atoms with Crippen molar-refractivity contribution in [3.8, 4) is 10.7 Å². The van der Waals surface area contributed by atoms with Crippen LogP contribution in [0.3, 0.4) is 0 Å². The zero-order chi connectivity index (χ0) is 15.6. The number of halogens is 3. The van der Waals surface area contributed by atoms with Gasteiger partial charge in [0.05, 0.1) is 23.6 Å². The van der Waals surface area contributed by atoms with Gasteiger partial charge >= 0.3 is 12.1 Å². The summed E-state index contributed by atoms with van der Waals surface area (Å²) in [4.78, 5) is 19.9. The summed E-state index contributed by atoms with van der Waals surface area (Å²) >= 11 is 1.04. The van der Waals surface area contributed by atoms with Crippen molar-refractivity contribution in [1.29, 1.82) is 0 Å². The number of pyridine rings is 1. The predicted octanol–water partition coefficient (Wildman–Crippen LogP) is 3.71. The SMILES string of the molecule is CCOC(=O)c1sc(-c2ccc(C(F)(F)F)cn2)nc1C. The quantitative estimate of drug-likeness (QED) is 0.810. The number of carbonyl (C=O) groups excluding carboxylic acids is 1. The number of rotatable bonds is 3. The maximum Gasteiger partial charge on any atom is 0.417 e. The van der Waals surface area contributed by atoms with Gasteiger partial charge < -0.3 is 4.74 Å². The van der Waals surface area contributed by atoms with E-state index in [1.807, 2.05) is 0 Å². The first-order valence-corrected chi connectivity index (χ1v) is 6.82. The monoisotopic (exact) mass is 316 g/mol. The van der Waals surface area contributed by atoms with E-state index in [0.29, 0.717) is 15.6 Å². The van der Waals surface area contributed by atoms with Crippen molar-refractivity contribution in [3.05, 3.63) is 34.5 Å². The lowest BCUT2D eigenvalue weighted by Crippen LogP contribution is -2.05. The zero-order valence-electron chi connectivity index (χ0n) is 11.2. The summed E-state index contributed by atoms with van der Waals surface area (Å²) in [5, 5.41) is 0.379. The molecule has 0 fully saturated rings. The number of thiazole rings is 1. The summed E-state index contributed by atoms with van der Waals surface area (Å²) in [7, 11) is 0. The highest BCUT2D eigenvalue weighted by Crippen LogP contribution is 2.31. The fraction of sp³-hybridized carbons (Fsp3) is 0.308. The molecular formula is C13H11F3N2O2S. The normalized spacial score (nSPS) is 11.5. The minimum atomic E-state index is -4.43. The lowest BCUT2D eigenvalue weighted by Gasteiger charge is -2.05. The molecule has 0 amide bonds. The van der Waals surface area contributed by atoms with Gasteiger partial charge in [0.25, 0.3) is 0 Å². The number of ether oxygens (including phenoxy) is 1. The number of nitrogens with zero attached hydrogens (tertiary/aromatic N) is 2. The minimum Gasteiger partial charge on any atom is -0.462 e. The molecule has 8 heteroatoms. The van der Waals surface area contributed by atoms with Crippen molar-refractivity contribution in [1.82, 2.24) is 9.97 Å². The molecule has 0 bridgehead atoms. The van der Waals surface area contributed by atoms with E-state index in [-0.39, 0.29) is 12.3 Å². The number of hydrogen-bond acceptors (Lipinski definition) is 5. The van der Waals surface area contributed by atoms with Gasteiger partial charge in [0.1, 0.15) is 9.88 Å². The van der Waals surface area contributed by atoms with Crippen LogP contribution < -0.4 is 0 Å². The number of hydrogen-bond donors (Lipinski definition) is 0. The van der Waals surface area contributed by atoms with E-state index in [1.165, 1.54) is 6.07 Å². The van der Waals surface area contributed by atoms with E-state index in [9.17, 15) is 18.0 Å². The number of aromatic nitrogens is 2. The molecule has 0 spiro atoms. The fourth-order valence-corrected chi connectivity index (χ4v) is 2.52. The van der Waals surface area contributed by atoms with Crippen LogP contribution in [0, 0.1) is 6.92 Å². The maximum atomic E-state index is 12.5. The van der Waals surface area contributed by atoms with Gasteiger partial charge in [-0.3, -0.25) is 4.98 Å². The molecule has 0 aromatic carbocycles. The van der Waals surface area contributed by atoms with Gasteiger partial charge in [0.2, 0.25) is 0 Å². The summed E-state index contributed by atoms with van der Waals surface area (Å²) < 4.78 is 42.3. The molecule has 2 heterocycles. The highest BCUT2D eigenvalue weighted by atomic mass is 32.1. The van der Waals surface area contributed by atoms with Crippen LogP contribution in [-0.2, 0) is 10.9 Å². The molecule has 0 N–H and O–H groups in total. The molecule has 0 saturated heterocycles. The van der Waals surface area contributed by atoms with E-state index in [0.717, 1.165) is 23.6 Å². The standard InChI is InChI=1S/C13H11F3N2O2S/c1-3-20-12(19)10-7(2)18-11(21-10)9-5-4-8(6-17-9)13(14,15)16/h4-6H,3H2,1-2H3. The van der Waals surface area contributed by atoms with Gasteiger partial charge in [-0.15, -0.1) is 11.3 Å². The molecule has 0 atom stereocenters. The Hall–Kier alpha value is -1.96. The second-order valence-electron chi connectivity index (χ2n) is 4.08. The summed E-state index contributed by atoms with van der Waals surface area (Å²) in [5.41, 5.74) is -0.0769. The van der Waals surface area contributed by atoms with Crippen LogP contribution in [0.15, 0.2) is 18.3 Å². The third-order valence-electron chi connectivity index (χ3n) is 2.57. The summed E-state index contributed by atoms with van der Waals surface area (Å²) in [6, 6.07) is 2.17. The Morgan fingerprint density at radius 2 is 2.10 bits per heavy atom. The third kappa shape index (κ3) is 3.38.